The van der Waals surface area contributed by atoms with Gasteiger partial charge in [-0.15, -0.1) is 0 Å². The molecule has 0 atom stereocenters. The molecule has 1 aliphatic rings. The van der Waals surface area contributed by atoms with Crippen LogP contribution >= 0.6 is 0 Å². The highest BCUT2D eigenvalue weighted by Crippen LogP contribution is 2.45. The maximum absolute atomic E-state index is 7.39. The first-order valence-electron chi connectivity index (χ1n) is 5.63. The third kappa shape index (κ3) is 2.17. The van der Waals surface area contributed by atoms with E-state index in [2.05, 4.69) is 13.8 Å². The van der Waals surface area contributed by atoms with Gasteiger partial charge in [-0.25, -0.2) is 0 Å². The molecule has 0 heterocycles. The summed E-state index contributed by atoms with van der Waals surface area (Å²) in [6, 6.07) is 0. The van der Waals surface area contributed by atoms with E-state index in [9.17, 15) is 0 Å². The van der Waals surface area contributed by atoms with Crippen LogP contribution in [0.25, 0.3) is 0 Å². The summed E-state index contributed by atoms with van der Waals surface area (Å²) in [7, 11) is 0. The molecule has 0 saturated heterocycles. The van der Waals surface area contributed by atoms with Crippen LogP contribution in [0.15, 0.2) is 11.3 Å². The maximum Gasteiger partial charge on any atom is 0.0227 e. The minimum Gasteiger partial charge on any atom is -0.401 e. The Balaban J connectivity index is 2.71. The number of allylic oxidation sites excluding steroid dienone is 2. The molecule has 1 rings (SSSR count). The summed E-state index contributed by atoms with van der Waals surface area (Å²) in [4.78, 5) is 0. The van der Waals surface area contributed by atoms with Gasteiger partial charge in [0.2, 0.25) is 0 Å². The molecule has 1 saturated carbocycles. The Bertz CT molecular complexity index is 237. The van der Waals surface area contributed by atoms with Gasteiger partial charge < -0.3 is 11.1 Å². The molecule has 0 radical (unpaired) electrons. The molecule has 0 bridgehead atoms. The number of nitrogens with one attached hydrogen (secondary N) is 1. The van der Waals surface area contributed by atoms with Gasteiger partial charge in [-0.1, -0.05) is 26.7 Å². The number of nitrogens with two attached hydrogens (primary N) is 1. The molecule has 0 aliphatic heterocycles. The second-order valence-corrected chi connectivity index (χ2v) is 4.60. The van der Waals surface area contributed by atoms with Gasteiger partial charge in [-0.3, -0.25) is 0 Å². The first kappa shape index (κ1) is 11.3. The van der Waals surface area contributed by atoms with Crippen LogP contribution in [-0.2, 0) is 0 Å². The Hall–Kier alpha value is -0.790. The SMILES string of the molecule is CCCC/C(C=N)=C(/N)C1(C)CCC1. The first-order valence-corrected chi connectivity index (χ1v) is 5.63. The van der Waals surface area contributed by atoms with Crippen molar-refractivity contribution in [2.75, 3.05) is 0 Å². The average molecular weight is 194 g/mol. The lowest BCUT2D eigenvalue weighted by atomic mass is 9.67. The number of unbranched alkanes of at least 4 members (excludes halogenated alkanes) is 1. The standard InChI is InChI=1S/C12H22N2/c1-3-4-6-10(9-13)11(14)12(2)7-5-8-12/h9,13H,3-8,14H2,1-2H3/b11-10-,13-9?. The molecule has 80 valence electrons. The predicted octanol–water partition coefficient (Wildman–Crippen LogP) is 3.23. The van der Waals surface area contributed by atoms with Crippen molar-refractivity contribution in [3.63, 3.8) is 0 Å². The number of rotatable bonds is 5. The van der Waals surface area contributed by atoms with Crippen molar-refractivity contribution in [1.82, 2.24) is 0 Å². The first-order chi connectivity index (χ1) is 6.64. The molecule has 2 nitrogen and oxygen atoms in total. The van der Waals surface area contributed by atoms with Gasteiger partial charge >= 0.3 is 0 Å². The topological polar surface area (TPSA) is 49.9 Å². The molecule has 2 heteroatoms. The summed E-state index contributed by atoms with van der Waals surface area (Å²) >= 11 is 0. The third-order valence-corrected chi connectivity index (χ3v) is 3.43. The van der Waals surface area contributed by atoms with Gasteiger partial charge in [-0.2, -0.15) is 0 Å². The molecule has 0 aromatic carbocycles. The third-order valence-electron chi connectivity index (χ3n) is 3.43. The van der Waals surface area contributed by atoms with Crippen LogP contribution < -0.4 is 5.73 Å². The van der Waals surface area contributed by atoms with E-state index >= 15 is 0 Å². The van der Waals surface area contributed by atoms with E-state index < -0.39 is 0 Å². The zero-order valence-electron chi connectivity index (χ0n) is 9.40. The van der Waals surface area contributed by atoms with E-state index in [4.69, 9.17) is 11.1 Å². The van der Waals surface area contributed by atoms with Gasteiger partial charge in [0.15, 0.2) is 0 Å². The van der Waals surface area contributed by atoms with Gasteiger partial charge in [0.25, 0.3) is 0 Å². The van der Waals surface area contributed by atoms with Crippen molar-refractivity contribution in [3.8, 4) is 0 Å². The van der Waals surface area contributed by atoms with Crippen LogP contribution in [-0.4, -0.2) is 6.21 Å². The van der Waals surface area contributed by atoms with Gasteiger partial charge in [0.1, 0.15) is 0 Å². The van der Waals surface area contributed by atoms with E-state index in [0.717, 1.165) is 24.1 Å². The monoisotopic (exact) mass is 194 g/mol. The second kappa shape index (κ2) is 4.63. The minimum absolute atomic E-state index is 0.209. The molecule has 0 amide bonds. The van der Waals surface area contributed by atoms with E-state index in [-0.39, 0.29) is 5.41 Å². The van der Waals surface area contributed by atoms with Crippen LogP contribution in [0, 0.1) is 10.8 Å². The van der Waals surface area contributed by atoms with Crippen LogP contribution in [0.5, 0.6) is 0 Å². The number of hydrogen-bond acceptors (Lipinski definition) is 2. The summed E-state index contributed by atoms with van der Waals surface area (Å²) in [5.41, 5.74) is 8.39. The average Bonchev–Trinajstić information content (AvgIpc) is 2.15. The molecular formula is C12H22N2. The summed E-state index contributed by atoms with van der Waals surface area (Å²) in [5, 5.41) is 7.39. The minimum atomic E-state index is 0.209. The molecule has 0 aromatic rings. The van der Waals surface area contributed by atoms with Crippen molar-refractivity contribution >= 4 is 6.21 Å². The molecular weight excluding hydrogens is 172 g/mol. The Labute approximate surface area is 87.1 Å². The largest absolute Gasteiger partial charge is 0.401 e. The second-order valence-electron chi connectivity index (χ2n) is 4.60. The Kier molecular flexibility index (Phi) is 3.73. The fourth-order valence-corrected chi connectivity index (χ4v) is 2.02. The highest BCUT2D eigenvalue weighted by Gasteiger charge is 2.35. The van der Waals surface area contributed by atoms with Gasteiger partial charge in [-0.05, 0) is 31.3 Å². The molecule has 1 fully saturated rings. The molecule has 14 heavy (non-hydrogen) atoms. The maximum atomic E-state index is 7.39. The predicted molar refractivity (Wildman–Crippen MR) is 61.5 cm³/mol. The lowest BCUT2D eigenvalue weighted by Crippen LogP contribution is -2.33. The molecule has 1 aliphatic carbocycles. The zero-order valence-corrected chi connectivity index (χ0v) is 9.40. The lowest BCUT2D eigenvalue weighted by Gasteiger charge is -2.39. The number of hydrogen-bond donors (Lipinski definition) is 2. The Morgan fingerprint density at radius 1 is 1.50 bits per heavy atom. The van der Waals surface area contributed by atoms with E-state index in [1.165, 1.54) is 31.9 Å². The quantitative estimate of drug-likeness (QED) is 0.649. The molecule has 0 aromatic heterocycles. The van der Waals surface area contributed by atoms with Crippen LogP contribution in [0.4, 0.5) is 0 Å². The normalized spacial score (nSPS) is 21.0. The molecule has 0 spiro atoms. The van der Waals surface area contributed by atoms with E-state index in [0.29, 0.717) is 0 Å². The van der Waals surface area contributed by atoms with Crippen LogP contribution in [0.1, 0.15) is 52.4 Å². The Morgan fingerprint density at radius 3 is 2.50 bits per heavy atom. The van der Waals surface area contributed by atoms with Crippen molar-refractivity contribution < 1.29 is 0 Å². The summed E-state index contributed by atoms with van der Waals surface area (Å²) in [6.45, 7) is 4.39. The zero-order chi connectivity index (χ0) is 10.6. The fraction of sp³-hybridized carbons (Fsp3) is 0.750. The van der Waals surface area contributed by atoms with Gasteiger partial charge in [0, 0.05) is 17.3 Å². The van der Waals surface area contributed by atoms with Crippen LogP contribution in [0.2, 0.25) is 0 Å². The summed E-state index contributed by atoms with van der Waals surface area (Å²) in [6.07, 6.45) is 8.42. The lowest BCUT2D eigenvalue weighted by molar-refractivity contribution is 0.210. The molecule has 3 N–H and O–H groups in total. The summed E-state index contributed by atoms with van der Waals surface area (Å²) < 4.78 is 0. The van der Waals surface area contributed by atoms with E-state index in [1.807, 2.05) is 0 Å². The van der Waals surface area contributed by atoms with Crippen molar-refractivity contribution in [2.24, 2.45) is 11.1 Å². The van der Waals surface area contributed by atoms with Crippen LogP contribution in [0.3, 0.4) is 0 Å². The molecule has 0 unspecified atom stereocenters. The summed E-state index contributed by atoms with van der Waals surface area (Å²) in [5.74, 6) is 0. The highest BCUT2D eigenvalue weighted by molar-refractivity contribution is 5.77. The fourth-order valence-electron chi connectivity index (χ4n) is 2.02. The van der Waals surface area contributed by atoms with Gasteiger partial charge in [0.05, 0.1) is 0 Å². The van der Waals surface area contributed by atoms with Crippen molar-refractivity contribution in [1.29, 1.82) is 5.41 Å². The highest BCUT2D eigenvalue weighted by atomic mass is 14.7. The van der Waals surface area contributed by atoms with Crippen molar-refractivity contribution in [3.05, 3.63) is 11.3 Å². The van der Waals surface area contributed by atoms with Crippen molar-refractivity contribution in [2.45, 2.75) is 52.4 Å². The van der Waals surface area contributed by atoms with E-state index in [1.54, 1.807) is 0 Å². The smallest absolute Gasteiger partial charge is 0.0227 e. The Morgan fingerprint density at radius 2 is 2.14 bits per heavy atom.